The summed E-state index contributed by atoms with van der Waals surface area (Å²) in [7, 11) is 1.52. The molecule has 1 fully saturated rings. The van der Waals surface area contributed by atoms with Crippen molar-refractivity contribution in [3.05, 3.63) is 47.6 Å². The maximum atomic E-state index is 12.4. The lowest BCUT2D eigenvalue weighted by Crippen LogP contribution is -2.47. The highest BCUT2D eigenvalue weighted by atomic mass is 16.7. The molecule has 0 aromatic heterocycles. The minimum absolute atomic E-state index is 0.0834. The van der Waals surface area contributed by atoms with Gasteiger partial charge < -0.3 is 14.6 Å². The average Bonchev–Trinajstić information content (AvgIpc) is 2.57. The van der Waals surface area contributed by atoms with Crippen molar-refractivity contribution in [1.82, 2.24) is 0 Å². The Bertz CT molecular complexity index is 700. The highest BCUT2D eigenvalue weighted by molar-refractivity contribution is 6.06. The molecule has 2 unspecified atom stereocenters. The van der Waals surface area contributed by atoms with Gasteiger partial charge in [-0.15, -0.1) is 0 Å². The van der Waals surface area contributed by atoms with Gasteiger partial charge in [0.1, 0.15) is 11.5 Å². The van der Waals surface area contributed by atoms with Crippen LogP contribution in [-0.2, 0) is 4.74 Å². The second-order valence-electron chi connectivity index (χ2n) is 7.17. The number of hydrogen-bond donors (Lipinski definition) is 1. The Labute approximate surface area is 142 Å². The highest BCUT2D eigenvalue weighted by Crippen LogP contribution is 2.59. The summed E-state index contributed by atoms with van der Waals surface area (Å²) in [5.74, 6) is 1.50. The summed E-state index contributed by atoms with van der Waals surface area (Å²) in [4.78, 5) is 12.4. The van der Waals surface area contributed by atoms with E-state index in [1.54, 1.807) is 18.2 Å². The molecule has 4 nitrogen and oxygen atoms in total. The first kappa shape index (κ1) is 16.8. The van der Waals surface area contributed by atoms with E-state index in [0.29, 0.717) is 17.1 Å². The van der Waals surface area contributed by atoms with Gasteiger partial charge in [-0.3, -0.25) is 4.79 Å². The van der Waals surface area contributed by atoms with Crippen LogP contribution in [0.4, 0.5) is 0 Å². The molecule has 3 aliphatic rings. The molecule has 2 bridgehead atoms. The molecule has 0 heterocycles. The summed E-state index contributed by atoms with van der Waals surface area (Å²) in [6, 6.07) is 4.66. The molecule has 128 valence electrons. The van der Waals surface area contributed by atoms with E-state index in [1.807, 2.05) is 6.08 Å². The third kappa shape index (κ3) is 2.98. The largest absolute Gasteiger partial charge is 0.507 e. The van der Waals surface area contributed by atoms with Crippen molar-refractivity contribution < 1.29 is 19.4 Å². The van der Waals surface area contributed by atoms with E-state index in [0.717, 1.165) is 12.3 Å². The third-order valence-electron chi connectivity index (χ3n) is 5.52. The van der Waals surface area contributed by atoms with Crippen LogP contribution in [0.3, 0.4) is 0 Å². The number of allylic oxidation sites excluding steroid dienone is 4. The van der Waals surface area contributed by atoms with E-state index in [4.69, 9.17) is 9.47 Å². The van der Waals surface area contributed by atoms with Crippen LogP contribution in [0.15, 0.2) is 42.0 Å². The Hall–Kier alpha value is -2.07. The first-order valence-electron chi connectivity index (χ1n) is 8.30. The van der Waals surface area contributed by atoms with Gasteiger partial charge in [-0.2, -0.15) is 0 Å². The van der Waals surface area contributed by atoms with Gasteiger partial charge in [-0.05, 0) is 53.9 Å². The number of benzene rings is 1. The normalized spacial score (nSPS) is 24.4. The van der Waals surface area contributed by atoms with Crippen molar-refractivity contribution in [1.29, 1.82) is 0 Å². The van der Waals surface area contributed by atoms with Gasteiger partial charge in [-0.1, -0.05) is 26.0 Å². The second kappa shape index (κ2) is 6.44. The van der Waals surface area contributed by atoms with Gasteiger partial charge in [-0.25, -0.2) is 0 Å². The molecule has 0 saturated heterocycles. The summed E-state index contributed by atoms with van der Waals surface area (Å²) >= 11 is 0. The zero-order valence-corrected chi connectivity index (χ0v) is 14.4. The standard InChI is InChI=1S/C20H24O4/c1-20(2)14-6-4-13(17(20)10-14)5-9-18(21)16-8-7-15(11-19(16)22)24-12-23-3/h4-5,7-9,11,14,17,22H,6,10,12H2,1-3H3/b9-5+. The number of rotatable bonds is 6. The van der Waals surface area contributed by atoms with E-state index in [1.165, 1.54) is 25.2 Å². The number of fused-ring (bicyclic) bond motifs is 1. The summed E-state index contributed by atoms with van der Waals surface area (Å²) in [6.45, 7) is 4.71. The molecule has 4 heteroatoms. The van der Waals surface area contributed by atoms with Gasteiger partial charge in [0, 0.05) is 13.2 Å². The zero-order chi connectivity index (χ0) is 17.3. The average molecular weight is 328 g/mol. The molecule has 1 N–H and O–H groups in total. The SMILES string of the molecule is COCOc1ccc(C(=O)/C=C/C2=CCC3CC2C3(C)C)c(O)c1. The van der Waals surface area contributed by atoms with Crippen LogP contribution in [-0.4, -0.2) is 24.8 Å². The molecule has 0 spiro atoms. The van der Waals surface area contributed by atoms with Gasteiger partial charge in [0.15, 0.2) is 12.6 Å². The smallest absolute Gasteiger partial charge is 0.189 e. The van der Waals surface area contributed by atoms with Crippen molar-refractivity contribution in [2.24, 2.45) is 17.3 Å². The van der Waals surface area contributed by atoms with Gasteiger partial charge in [0.25, 0.3) is 0 Å². The van der Waals surface area contributed by atoms with Crippen LogP contribution in [0.2, 0.25) is 0 Å². The molecule has 1 saturated carbocycles. The van der Waals surface area contributed by atoms with Crippen molar-refractivity contribution in [2.75, 3.05) is 13.9 Å². The molecular formula is C20H24O4. The minimum Gasteiger partial charge on any atom is -0.507 e. The molecule has 3 aliphatic carbocycles. The van der Waals surface area contributed by atoms with E-state index in [2.05, 4.69) is 19.9 Å². The summed E-state index contributed by atoms with van der Waals surface area (Å²) in [6.07, 6.45) is 8.03. The first-order valence-corrected chi connectivity index (χ1v) is 8.30. The van der Waals surface area contributed by atoms with E-state index >= 15 is 0 Å². The molecule has 0 radical (unpaired) electrons. The van der Waals surface area contributed by atoms with Crippen LogP contribution in [0.25, 0.3) is 0 Å². The number of ether oxygens (including phenoxy) is 2. The maximum Gasteiger partial charge on any atom is 0.189 e. The highest BCUT2D eigenvalue weighted by Gasteiger charge is 2.50. The van der Waals surface area contributed by atoms with E-state index in [9.17, 15) is 9.90 Å². The number of carbonyl (C=O) groups is 1. The molecule has 0 aliphatic heterocycles. The number of phenols is 1. The lowest BCUT2D eigenvalue weighted by Gasteiger charge is -2.56. The number of aromatic hydroxyl groups is 1. The molecule has 24 heavy (non-hydrogen) atoms. The maximum absolute atomic E-state index is 12.4. The van der Waals surface area contributed by atoms with Crippen LogP contribution >= 0.6 is 0 Å². The topological polar surface area (TPSA) is 55.8 Å². The van der Waals surface area contributed by atoms with Gasteiger partial charge in [0.2, 0.25) is 0 Å². The summed E-state index contributed by atoms with van der Waals surface area (Å²) in [5, 5.41) is 10.1. The van der Waals surface area contributed by atoms with Crippen molar-refractivity contribution in [3.63, 3.8) is 0 Å². The van der Waals surface area contributed by atoms with Crippen molar-refractivity contribution in [3.8, 4) is 11.5 Å². The van der Waals surface area contributed by atoms with Crippen LogP contribution in [0.1, 0.15) is 37.0 Å². The quantitative estimate of drug-likeness (QED) is 0.485. The fourth-order valence-corrected chi connectivity index (χ4v) is 3.78. The predicted octanol–water partition coefficient (Wildman–Crippen LogP) is 4.11. The molecular weight excluding hydrogens is 304 g/mol. The lowest BCUT2D eigenvalue weighted by molar-refractivity contribution is -0.00330. The monoisotopic (exact) mass is 328 g/mol. The number of ketones is 1. The van der Waals surface area contributed by atoms with Crippen LogP contribution < -0.4 is 4.74 Å². The van der Waals surface area contributed by atoms with Crippen LogP contribution in [0, 0.1) is 17.3 Å². The summed E-state index contributed by atoms with van der Waals surface area (Å²) in [5.41, 5.74) is 1.86. The Morgan fingerprint density at radius 1 is 1.42 bits per heavy atom. The van der Waals surface area contributed by atoms with Crippen LogP contribution in [0.5, 0.6) is 11.5 Å². The fourth-order valence-electron chi connectivity index (χ4n) is 3.78. The minimum atomic E-state index is -0.203. The Kier molecular flexibility index (Phi) is 4.50. The molecule has 4 rings (SSSR count). The second-order valence-corrected chi connectivity index (χ2v) is 7.17. The first-order chi connectivity index (χ1) is 11.4. The molecule has 1 aromatic rings. The number of hydrogen-bond acceptors (Lipinski definition) is 4. The number of phenolic OH excluding ortho intramolecular Hbond substituents is 1. The van der Waals surface area contributed by atoms with Crippen molar-refractivity contribution in [2.45, 2.75) is 26.7 Å². The molecule has 0 amide bonds. The van der Waals surface area contributed by atoms with E-state index < -0.39 is 0 Å². The van der Waals surface area contributed by atoms with E-state index in [-0.39, 0.29) is 23.9 Å². The fraction of sp³-hybridized carbons (Fsp3) is 0.450. The number of methoxy groups -OCH3 is 1. The zero-order valence-electron chi connectivity index (χ0n) is 14.4. The molecule has 1 aromatic carbocycles. The third-order valence-corrected chi connectivity index (χ3v) is 5.52. The van der Waals surface area contributed by atoms with Crippen molar-refractivity contribution >= 4 is 5.78 Å². The lowest BCUT2D eigenvalue weighted by atomic mass is 9.49. The predicted molar refractivity (Wildman–Crippen MR) is 92.2 cm³/mol. The molecule has 2 atom stereocenters. The Balaban J connectivity index is 1.70. The van der Waals surface area contributed by atoms with Gasteiger partial charge in [0.05, 0.1) is 5.56 Å². The Morgan fingerprint density at radius 2 is 2.21 bits per heavy atom. The van der Waals surface area contributed by atoms with Gasteiger partial charge >= 0.3 is 0 Å². The number of carbonyl (C=O) groups excluding carboxylic acids is 1. The summed E-state index contributed by atoms with van der Waals surface area (Å²) < 4.78 is 10.1. The Morgan fingerprint density at radius 3 is 2.83 bits per heavy atom.